The van der Waals surface area contributed by atoms with Gasteiger partial charge in [-0.05, 0) is 46.3 Å². The van der Waals surface area contributed by atoms with Gasteiger partial charge in [0.25, 0.3) is 5.91 Å². The maximum atomic E-state index is 13.2. The van der Waals surface area contributed by atoms with Gasteiger partial charge in [0.05, 0.1) is 22.8 Å². The number of carbonyl (C=O) groups excluding carboxylic acids is 2. The van der Waals surface area contributed by atoms with Crippen LogP contribution >= 0.6 is 27.5 Å². The molecule has 142 valence electrons. The molecule has 1 aliphatic rings. The van der Waals surface area contributed by atoms with Gasteiger partial charge < -0.3 is 10.2 Å². The highest BCUT2D eigenvalue weighted by Gasteiger charge is 2.24. The zero-order valence-corrected chi connectivity index (χ0v) is 16.8. The summed E-state index contributed by atoms with van der Waals surface area (Å²) < 4.78 is 13.6. The van der Waals surface area contributed by atoms with Gasteiger partial charge in [-0.25, -0.2) is 4.39 Å². The summed E-state index contributed by atoms with van der Waals surface area (Å²) in [4.78, 5) is 28.5. The van der Waals surface area contributed by atoms with Crippen molar-refractivity contribution >= 4 is 45.0 Å². The number of rotatable bonds is 4. The number of anilines is 1. The third-order valence-electron chi connectivity index (χ3n) is 4.34. The molecular formula is C19H18BrClFN3O2. The molecule has 0 radical (unpaired) electrons. The Morgan fingerprint density at radius 3 is 2.48 bits per heavy atom. The summed E-state index contributed by atoms with van der Waals surface area (Å²) in [6, 6.07) is 11.1. The lowest BCUT2D eigenvalue weighted by Gasteiger charge is -2.34. The first-order valence-corrected chi connectivity index (χ1v) is 9.62. The first-order chi connectivity index (χ1) is 12.9. The molecule has 5 nitrogen and oxygen atoms in total. The summed E-state index contributed by atoms with van der Waals surface area (Å²) in [5, 5.41) is 3.29. The van der Waals surface area contributed by atoms with Crippen molar-refractivity contribution in [3.05, 3.63) is 63.3 Å². The first kappa shape index (κ1) is 19.8. The number of piperazine rings is 1. The number of para-hydroxylation sites is 1. The summed E-state index contributed by atoms with van der Waals surface area (Å²) >= 11 is 9.28. The van der Waals surface area contributed by atoms with E-state index in [1.165, 1.54) is 18.2 Å². The summed E-state index contributed by atoms with van der Waals surface area (Å²) in [6.07, 6.45) is 0. The SMILES string of the molecule is O=C(CN1CCN(C(=O)c2ccc(F)cc2Br)CC1)Nc1ccccc1Cl. The molecule has 1 aliphatic heterocycles. The Morgan fingerprint density at radius 2 is 1.81 bits per heavy atom. The fourth-order valence-electron chi connectivity index (χ4n) is 2.90. The molecule has 3 rings (SSSR count). The molecule has 1 saturated heterocycles. The third-order valence-corrected chi connectivity index (χ3v) is 5.32. The zero-order valence-electron chi connectivity index (χ0n) is 14.4. The van der Waals surface area contributed by atoms with Crippen LogP contribution in [0, 0.1) is 5.82 Å². The predicted octanol–water partition coefficient (Wildman–Crippen LogP) is 3.64. The molecular weight excluding hydrogens is 437 g/mol. The second kappa shape index (κ2) is 8.82. The first-order valence-electron chi connectivity index (χ1n) is 8.45. The van der Waals surface area contributed by atoms with Crippen molar-refractivity contribution in [2.45, 2.75) is 0 Å². The lowest BCUT2D eigenvalue weighted by atomic mass is 10.1. The average molecular weight is 455 g/mol. The number of halogens is 3. The summed E-state index contributed by atoms with van der Waals surface area (Å²) in [7, 11) is 0. The van der Waals surface area contributed by atoms with Gasteiger partial charge in [-0.2, -0.15) is 0 Å². The smallest absolute Gasteiger partial charge is 0.255 e. The van der Waals surface area contributed by atoms with Crippen molar-refractivity contribution in [3.63, 3.8) is 0 Å². The minimum Gasteiger partial charge on any atom is -0.336 e. The van der Waals surface area contributed by atoms with Gasteiger partial charge in [-0.1, -0.05) is 23.7 Å². The van der Waals surface area contributed by atoms with Crippen molar-refractivity contribution in [3.8, 4) is 0 Å². The van der Waals surface area contributed by atoms with E-state index in [2.05, 4.69) is 21.2 Å². The van der Waals surface area contributed by atoms with Crippen molar-refractivity contribution in [2.24, 2.45) is 0 Å². The van der Waals surface area contributed by atoms with Gasteiger partial charge >= 0.3 is 0 Å². The number of hydrogen-bond acceptors (Lipinski definition) is 3. The minimum absolute atomic E-state index is 0.149. The lowest BCUT2D eigenvalue weighted by Crippen LogP contribution is -2.50. The van der Waals surface area contributed by atoms with E-state index < -0.39 is 5.82 Å². The van der Waals surface area contributed by atoms with Gasteiger partial charge in [0.15, 0.2) is 0 Å². The van der Waals surface area contributed by atoms with E-state index in [0.29, 0.717) is 46.9 Å². The topological polar surface area (TPSA) is 52.7 Å². The quantitative estimate of drug-likeness (QED) is 0.767. The van der Waals surface area contributed by atoms with Gasteiger partial charge in [0.2, 0.25) is 5.91 Å². The van der Waals surface area contributed by atoms with Crippen LogP contribution in [-0.2, 0) is 4.79 Å². The number of carbonyl (C=O) groups is 2. The van der Waals surface area contributed by atoms with E-state index in [-0.39, 0.29) is 18.4 Å². The molecule has 1 heterocycles. The summed E-state index contributed by atoms with van der Waals surface area (Å²) in [6.45, 7) is 2.40. The fourth-order valence-corrected chi connectivity index (χ4v) is 3.60. The highest BCUT2D eigenvalue weighted by molar-refractivity contribution is 9.10. The van der Waals surface area contributed by atoms with Crippen LogP contribution in [0.15, 0.2) is 46.9 Å². The van der Waals surface area contributed by atoms with Gasteiger partial charge in [0, 0.05) is 30.7 Å². The van der Waals surface area contributed by atoms with Gasteiger partial charge in [0.1, 0.15) is 5.82 Å². The molecule has 2 amide bonds. The molecule has 0 saturated carbocycles. The number of benzene rings is 2. The van der Waals surface area contributed by atoms with Crippen LogP contribution in [0.4, 0.5) is 10.1 Å². The molecule has 0 bridgehead atoms. The third kappa shape index (κ3) is 5.06. The lowest BCUT2D eigenvalue weighted by molar-refractivity contribution is -0.117. The molecule has 2 aromatic carbocycles. The van der Waals surface area contributed by atoms with Crippen molar-refractivity contribution in [1.29, 1.82) is 0 Å². The van der Waals surface area contributed by atoms with Crippen molar-refractivity contribution in [1.82, 2.24) is 9.80 Å². The van der Waals surface area contributed by atoms with E-state index in [1.54, 1.807) is 29.2 Å². The van der Waals surface area contributed by atoms with Gasteiger partial charge in [-0.3, -0.25) is 14.5 Å². The molecule has 1 N–H and O–H groups in total. The number of nitrogens with zero attached hydrogens (tertiary/aromatic N) is 2. The minimum atomic E-state index is -0.396. The Morgan fingerprint density at radius 1 is 1.11 bits per heavy atom. The highest BCUT2D eigenvalue weighted by atomic mass is 79.9. The van der Waals surface area contributed by atoms with E-state index in [0.717, 1.165) is 0 Å². The maximum Gasteiger partial charge on any atom is 0.255 e. The molecule has 2 aromatic rings. The monoisotopic (exact) mass is 453 g/mol. The Bertz CT molecular complexity index is 857. The van der Waals surface area contributed by atoms with Crippen LogP contribution in [0.1, 0.15) is 10.4 Å². The van der Waals surface area contributed by atoms with Crippen molar-refractivity contribution < 1.29 is 14.0 Å². The second-order valence-corrected chi connectivity index (χ2v) is 7.48. The largest absolute Gasteiger partial charge is 0.336 e. The molecule has 8 heteroatoms. The molecule has 0 aliphatic carbocycles. The Kier molecular flexibility index (Phi) is 6.46. The molecule has 0 aromatic heterocycles. The Balaban J connectivity index is 1.52. The standard InChI is InChI=1S/C19H18BrClFN3O2/c20-15-11-13(22)5-6-14(15)19(27)25-9-7-24(8-10-25)12-18(26)23-17-4-2-1-3-16(17)21/h1-6,11H,7-10,12H2,(H,23,26). The Hall–Kier alpha value is -1.96. The molecule has 27 heavy (non-hydrogen) atoms. The van der Waals surface area contributed by atoms with E-state index in [1.807, 2.05) is 4.90 Å². The van der Waals surface area contributed by atoms with Crippen LogP contribution in [0.3, 0.4) is 0 Å². The van der Waals surface area contributed by atoms with E-state index >= 15 is 0 Å². The zero-order chi connectivity index (χ0) is 19.4. The number of nitrogens with one attached hydrogen (secondary N) is 1. The molecule has 0 atom stereocenters. The Labute approximate surface area is 170 Å². The van der Waals surface area contributed by atoms with E-state index in [4.69, 9.17) is 11.6 Å². The maximum absolute atomic E-state index is 13.2. The van der Waals surface area contributed by atoms with Crippen LogP contribution < -0.4 is 5.32 Å². The molecule has 0 unspecified atom stereocenters. The number of amides is 2. The van der Waals surface area contributed by atoms with E-state index in [9.17, 15) is 14.0 Å². The number of hydrogen-bond donors (Lipinski definition) is 1. The van der Waals surface area contributed by atoms with Crippen LogP contribution in [-0.4, -0.2) is 54.3 Å². The normalized spacial score (nSPS) is 14.9. The fraction of sp³-hybridized carbons (Fsp3) is 0.263. The van der Waals surface area contributed by atoms with Crippen molar-refractivity contribution in [2.75, 3.05) is 38.0 Å². The average Bonchev–Trinajstić information content (AvgIpc) is 2.64. The van der Waals surface area contributed by atoms with Gasteiger partial charge in [-0.15, -0.1) is 0 Å². The van der Waals surface area contributed by atoms with Crippen LogP contribution in [0.5, 0.6) is 0 Å². The van der Waals surface area contributed by atoms with Crippen LogP contribution in [0.25, 0.3) is 0 Å². The second-order valence-electron chi connectivity index (χ2n) is 6.22. The molecule has 1 fully saturated rings. The molecule has 0 spiro atoms. The highest BCUT2D eigenvalue weighted by Crippen LogP contribution is 2.21. The summed E-state index contributed by atoms with van der Waals surface area (Å²) in [5.74, 6) is -0.695. The predicted molar refractivity (Wildman–Crippen MR) is 107 cm³/mol. The van der Waals surface area contributed by atoms with Crippen LogP contribution in [0.2, 0.25) is 5.02 Å². The summed E-state index contributed by atoms with van der Waals surface area (Å²) in [5.41, 5.74) is 1.01.